The molecule has 0 unspecified atom stereocenters. The molecule has 0 saturated heterocycles. The number of aliphatic hydroxyl groups is 2. The molecule has 0 saturated carbocycles. The first kappa shape index (κ1) is 16.9. The van der Waals surface area contributed by atoms with Crippen LogP contribution in [0.5, 0.6) is 0 Å². The van der Waals surface area contributed by atoms with Crippen LogP contribution in [0.2, 0.25) is 0 Å². The van der Waals surface area contributed by atoms with Crippen molar-refractivity contribution < 1.29 is 34.8 Å². The van der Waals surface area contributed by atoms with E-state index in [1.54, 1.807) is 0 Å². The molecule has 9 heteroatoms. The van der Waals surface area contributed by atoms with Gasteiger partial charge in [-0.15, -0.1) is 0 Å². The zero-order valence-electron chi connectivity index (χ0n) is 11.5. The van der Waals surface area contributed by atoms with Gasteiger partial charge < -0.3 is 30.5 Å². The standard InChI is InChI=1S/C12H18N2O7/c1-21-11-7(13-4-9(16)17)2-12(20,6-15)3-8(11)14-5-10(18)19/h13,15,20H,2-6H2,1H3,(H,16,17)(H,18,19)/t12-/m0/s1. The average Bonchev–Trinajstić information content (AvgIpc) is 2.42. The number of allylic oxidation sites excluding steroid dienone is 1. The maximum Gasteiger partial charge on any atom is 0.325 e. The Morgan fingerprint density at radius 1 is 1.33 bits per heavy atom. The fourth-order valence-corrected chi connectivity index (χ4v) is 2.01. The molecule has 1 rings (SSSR count). The largest absolute Gasteiger partial charge is 0.493 e. The summed E-state index contributed by atoms with van der Waals surface area (Å²) in [6.45, 7) is -1.50. The molecule has 5 N–H and O–H groups in total. The molecule has 0 bridgehead atoms. The Balaban J connectivity index is 3.13. The monoisotopic (exact) mass is 302 g/mol. The normalized spacial score (nSPS) is 24.0. The van der Waals surface area contributed by atoms with Gasteiger partial charge in [-0.1, -0.05) is 0 Å². The molecule has 0 aromatic rings. The molecule has 21 heavy (non-hydrogen) atoms. The highest BCUT2D eigenvalue weighted by Gasteiger charge is 2.37. The zero-order valence-corrected chi connectivity index (χ0v) is 11.5. The van der Waals surface area contributed by atoms with Crippen molar-refractivity contribution in [2.75, 3.05) is 26.8 Å². The summed E-state index contributed by atoms with van der Waals surface area (Å²) in [5.74, 6) is -2.08. The zero-order chi connectivity index (χ0) is 16.0. The van der Waals surface area contributed by atoms with Gasteiger partial charge in [-0.25, -0.2) is 0 Å². The van der Waals surface area contributed by atoms with Gasteiger partial charge in [0, 0.05) is 12.8 Å². The van der Waals surface area contributed by atoms with Gasteiger partial charge in [-0.3, -0.25) is 14.6 Å². The lowest BCUT2D eigenvalue weighted by molar-refractivity contribution is -0.136. The maximum absolute atomic E-state index is 10.6. The first-order chi connectivity index (χ1) is 9.81. The molecule has 0 fully saturated rings. The first-order valence-electron chi connectivity index (χ1n) is 6.13. The third-order valence-electron chi connectivity index (χ3n) is 2.90. The number of nitrogens with zero attached hydrogens (tertiary/aromatic N) is 1. The molecule has 0 heterocycles. The quantitative estimate of drug-likeness (QED) is 0.384. The van der Waals surface area contributed by atoms with E-state index in [2.05, 4.69) is 10.3 Å². The van der Waals surface area contributed by atoms with E-state index in [4.69, 9.17) is 14.9 Å². The third-order valence-corrected chi connectivity index (χ3v) is 2.90. The van der Waals surface area contributed by atoms with Crippen LogP contribution in [0.25, 0.3) is 0 Å². The van der Waals surface area contributed by atoms with E-state index in [1.165, 1.54) is 7.11 Å². The maximum atomic E-state index is 10.6. The van der Waals surface area contributed by atoms with Gasteiger partial charge in [0.2, 0.25) is 0 Å². The van der Waals surface area contributed by atoms with Crippen molar-refractivity contribution in [1.29, 1.82) is 0 Å². The smallest absolute Gasteiger partial charge is 0.325 e. The summed E-state index contributed by atoms with van der Waals surface area (Å²) in [6, 6.07) is 0. The van der Waals surface area contributed by atoms with Crippen molar-refractivity contribution in [3.8, 4) is 0 Å². The molecular formula is C12H18N2O7. The number of aliphatic carboxylic acids is 2. The Morgan fingerprint density at radius 2 is 2.00 bits per heavy atom. The predicted molar refractivity (Wildman–Crippen MR) is 70.9 cm³/mol. The molecule has 0 aliphatic heterocycles. The van der Waals surface area contributed by atoms with Gasteiger partial charge in [0.25, 0.3) is 0 Å². The van der Waals surface area contributed by atoms with Gasteiger partial charge in [0.05, 0.1) is 30.7 Å². The number of rotatable bonds is 7. The molecule has 1 aliphatic carbocycles. The minimum Gasteiger partial charge on any atom is -0.493 e. The van der Waals surface area contributed by atoms with E-state index >= 15 is 0 Å². The van der Waals surface area contributed by atoms with Crippen molar-refractivity contribution in [3.05, 3.63) is 11.5 Å². The Morgan fingerprint density at radius 3 is 2.48 bits per heavy atom. The van der Waals surface area contributed by atoms with Crippen molar-refractivity contribution in [2.45, 2.75) is 18.4 Å². The summed E-state index contributed by atoms with van der Waals surface area (Å²) in [5.41, 5.74) is -1.12. The first-order valence-corrected chi connectivity index (χ1v) is 6.13. The van der Waals surface area contributed by atoms with Crippen LogP contribution in [-0.4, -0.2) is 70.5 Å². The minimum absolute atomic E-state index is 0.0496. The van der Waals surface area contributed by atoms with Gasteiger partial charge in [0.15, 0.2) is 5.76 Å². The van der Waals surface area contributed by atoms with Crippen LogP contribution in [0.4, 0.5) is 0 Å². The summed E-state index contributed by atoms with van der Waals surface area (Å²) in [6.07, 6.45) is -0.135. The van der Waals surface area contributed by atoms with Crippen LogP contribution in [0.15, 0.2) is 16.4 Å². The second-order valence-electron chi connectivity index (χ2n) is 4.65. The van der Waals surface area contributed by atoms with Gasteiger partial charge in [-0.2, -0.15) is 0 Å². The highest BCUT2D eigenvalue weighted by Crippen LogP contribution is 2.30. The Hall–Kier alpha value is -2.13. The predicted octanol–water partition coefficient (Wildman–Crippen LogP) is -1.44. The number of hydrogen-bond acceptors (Lipinski definition) is 7. The van der Waals surface area contributed by atoms with Gasteiger partial charge in [0.1, 0.15) is 13.1 Å². The number of carbonyl (C=O) groups is 2. The molecule has 1 atom stereocenters. The van der Waals surface area contributed by atoms with E-state index in [-0.39, 0.29) is 30.0 Å². The number of ether oxygens (including phenoxy) is 1. The summed E-state index contributed by atoms with van der Waals surface area (Å²) in [7, 11) is 1.33. The Kier molecular flexibility index (Phi) is 5.68. The molecule has 0 spiro atoms. The molecular weight excluding hydrogens is 284 g/mol. The number of carboxylic acid groups (broad SMARTS) is 2. The molecule has 9 nitrogen and oxygen atoms in total. The van der Waals surface area contributed by atoms with Gasteiger partial charge in [-0.05, 0) is 0 Å². The number of aliphatic hydroxyl groups excluding tert-OH is 1. The Bertz CT molecular complexity index is 486. The van der Waals surface area contributed by atoms with Crippen molar-refractivity contribution in [2.24, 2.45) is 4.99 Å². The highest BCUT2D eigenvalue weighted by atomic mass is 16.5. The number of hydrogen-bond donors (Lipinski definition) is 5. The SMILES string of the molecule is COC1=C(NCC(=O)O)C[C@@](O)(CO)CC1=NCC(=O)O. The summed E-state index contributed by atoms with van der Waals surface area (Å²) < 4.78 is 5.13. The topological polar surface area (TPSA) is 149 Å². The van der Waals surface area contributed by atoms with Gasteiger partial charge >= 0.3 is 11.9 Å². The average molecular weight is 302 g/mol. The van der Waals surface area contributed by atoms with Crippen molar-refractivity contribution in [3.63, 3.8) is 0 Å². The highest BCUT2D eigenvalue weighted by molar-refractivity contribution is 6.01. The summed E-state index contributed by atoms with van der Waals surface area (Å²) in [5, 5.41) is 39.4. The van der Waals surface area contributed by atoms with E-state index < -0.39 is 37.2 Å². The van der Waals surface area contributed by atoms with Crippen LogP contribution < -0.4 is 5.32 Å². The van der Waals surface area contributed by atoms with E-state index in [0.29, 0.717) is 0 Å². The van der Waals surface area contributed by atoms with Crippen LogP contribution in [0, 0.1) is 0 Å². The second-order valence-corrected chi connectivity index (χ2v) is 4.65. The minimum atomic E-state index is -1.54. The van der Waals surface area contributed by atoms with Crippen LogP contribution in [-0.2, 0) is 14.3 Å². The number of nitrogens with one attached hydrogen (secondary N) is 1. The number of methoxy groups -OCH3 is 1. The fourth-order valence-electron chi connectivity index (χ4n) is 2.01. The van der Waals surface area contributed by atoms with Crippen LogP contribution in [0.3, 0.4) is 0 Å². The lowest BCUT2D eigenvalue weighted by Gasteiger charge is -2.33. The molecule has 0 radical (unpaired) electrons. The van der Waals surface area contributed by atoms with E-state index in [1.807, 2.05) is 0 Å². The summed E-state index contributed by atoms with van der Waals surface area (Å²) in [4.78, 5) is 25.0. The van der Waals surface area contributed by atoms with Crippen LogP contribution >= 0.6 is 0 Å². The second kappa shape index (κ2) is 7.04. The fraction of sp³-hybridized carbons (Fsp3) is 0.583. The Labute approximate surface area is 120 Å². The molecule has 0 aromatic heterocycles. The molecule has 0 aromatic carbocycles. The third kappa shape index (κ3) is 4.72. The van der Waals surface area contributed by atoms with Crippen molar-refractivity contribution >= 4 is 17.7 Å². The number of carboxylic acids is 2. The van der Waals surface area contributed by atoms with Crippen LogP contribution in [0.1, 0.15) is 12.8 Å². The molecule has 0 amide bonds. The lowest BCUT2D eigenvalue weighted by Crippen LogP contribution is -2.44. The number of aliphatic imine (C=N–C) groups is 1. The molecule has 1 aliphatic rings. The molecule has 118 valence electrons. The van der Waals surface area contributed by atoms with E-state index in [0.717, 1.165) is 0 Å². The summed E-state index contributed by atoms with van der Waals surface area (Å²) >= 11 is 0. The lowest BCUT2D eigenvalue weighted by atomic mass is 9.85. The van der Waals surface area contributed by atoms with Crippen molar-refractivity contribution in [1.82, 2.24) is 5.32 Å². The van der Waals surface area contributed by atoms with E-state index in [9.17, 15) is 19.8 Å².